The second-order valence-electron chi connectivity index (χ2n) is 4.03. The molecule has 0 unspecified atom stereocenters. The van der Waals surface area contributed by atoms with E-state index in [0.717, 1.165) is 27.5 Å². The van der Waals surface area contributed by atoms with E-state index in [-0.39, 0.29) is 0 Å². The number of aromatic nitrogens is 2. The van der Waals surface area contributed by atoms with Gasteiger partial charge in [-0.1, -0.05) is 18.2 Å². The molecule has 0 amide bonds. The van der Waals surface area contributed by atoms with Gasteiger partial charge in [0.2, 0.25) is 0 Å². The lowest BCUT2D eigenvalue weighted by atomic mass is 10.1. The third kappa shape index (κ3) is 2.08. The number of H-pyrrole nitrogens is 1. The summed E-state index contributed by atoms with van der Waals surface area (Å²) in [7, 11) is 0. The highest BCUT2D eigenvalue weighted by molar-refractivity contribution is 7.13. The number of hydrogen-bond acceptors (Lipinski definition) is 3. The van der Waals surface area contributed by atoms with Crippen LogP contribution in [-0.4, -0.2) is 9.97 Å². The van der Waals surface area contributed by atoms with Gasteiger partial charge in [-0.05, 0) is 23.8 Å². The molecule has 0 aliphatic carbocycles. The first kappa shape index (κ1) is 11.2. The molecule has 3 aromatic rings. The van der Waals surface area contributed by atoms with Crippen LogP contribution in [0.4, 0.5) is 0 Å². The molecule has 2 heterocycles. The molecule has 1 aromatic carbocycles. The molecule has 18 heavy (non-hydrogen) atoms. The molecule has 0 aliphatic rings. The highest BCUT2D eigenvalue weighted by Crippen LogP contribution is 2.28. The van der Waals surface area contributed by atoms with Gasteiger partial charge in [0.05, 0.1) is 11.4 Å². The van der Waals surface area contributed by atoms with Crippen LogP contribution in [0.1, 0.15) is 5.56 Å². The Morgan fingerprint density at radius 1 is 1.22 bits per heavy atom. The van der Waals surface area contributed by atoms with Gasteiger partial charge < -0.3 is 10.7 Å². The lowest BCUT2D eigenvalue weighted by Gasteiger charge is -1.99. The van der Waals surface area contributed by atoms with E-state index in [9.17, 15) is 0 Å². The number of nitrogens with one attached hydrogen (secondary N) is 1. The molecule has 0 radical (unpaired) electrons. The predicted octanol–water partition coefficient (Wildman–Crippen LogP) is 3.26. The summed E-state index contributed by atoms with van der Waals surface area (Å²) in [5.41, 5.74) is 9.94. The summed E-state index contributed by atoms with van der Waals surface area (Å²) in [5.74, 6) is 0. The molecule has 4 heteroatoms. The quantitative estimate of drug-likeness (QED) is 0.754. The van der Waals surface area contributed by atoms with Crippen molar-refractivity contribution in [3.8, 4) is 22.0 Å². The van der Waals surface area contributed by atoms with Crippen molar-refractivity contribution in [2.75, 3.05) is 0 Å². The van der Waals surface area contributed by atoms with Crippen LogP contribution in [0.15, 0.2) is 48.0 Å². The molecule has 0 bridgehead atoms. The van der Waals surface area contributed by atoms with Crippen LogP contribution in [0.2, 0.25) is 0 Å². The minimum absolute atomic E-state index is 0.558. The number of hydrogen-bond donors (Lipinski definition) is 2. The Morgan fingerprint density at radius 3 is 2.94 bits per heavy atom. The average Bonchev–Trinajstić information content (AvgIpc) is 3.09. The zero-order valence-corrected chi connectivity index (χ0v) is 10.6. The van der Waals surface area contributed by atoms with Gasteiger partial charge in [0.15, 0.2) is 0 Å². The molecule has 0 aliphatic heterocycles. The van der Waals surface area contributed by atoms with E-state index < -0.39 is 0 Å². The standard InChI is InChI=1S/C14H13N3S/c15-8-10-3-1-4-11(7-10)14-17-13(9-18-14)12-5-2-6-16-12/h1-7,9,16H,8,15H2. The second kappa shape index (κ2) is 4.76. The molecule has 90 valence electrons. The number of thiazole rings is 1. The number of nitrogens with two attached hydrogens (primary N) is 1. The van der Waals surface area contributed by atoms with Crippen molar-refractivity contribution >= 4 is 11.3 Å². The third-order valence-electron chi connectivity index (χ3n) is 2.79. The fraction of sp³-hybridized carbons (Fsp3) is 0.0714. The summed E-state index contributed by atoms with van der Waals surface area (Å²) in [6.07, 6.45) is 1.91. The molecule has 3 N–H and O–H groups in total. The van der Waals surface area contributed by atoms with Gasteiger partial charge >= 0.3 is 0 Å². The van der Waals surface area contributed by atoms with Gasteiger partial charge in [-0.15, -0.1) is 11.3 Å². The van der Waals surface area contributed by atoms with Gasteiger partial charge in [0.1, 0.15) is 5.01 Å². The summed E-state index contributed by atoms with van der Waals surface area (Å²) in [6.45, 7) is 0.558. The van der Waals surface area contributed by atoms with E-state index >= 15 is 0 Å². The van der Waals surface area contributed by atoms with Gasteiger partial charge in [0.25, 0.3) is 0 Å². The van der Waals surface area contributed by atoms with Gasteiger partial charge in [0, 0.05) is 23.7 Å². The zero-order valence-electron chi connectivity index (χ0n) is 9.76. The van der Waals surface area contributed by atoms with Crippen molar-refractivity contribution in [2.24, 2.45) is 5.73 Å². The van der Waals surface area contributed by atoms with Crippen LogP contribution in [0.3, 0.4) is 0 Å². The van der Waals surface area contributed by atoms with Crippen LogP contribution in [0, 0.1) is 0 Å². The lowest BCUT2D eigenvalue weighted by Crippen LogP contribution is -1.95. The summed E-state index contributed by atoms with van der Waals surface area (Å²) in [5, 5.41) is 3.09. The van der Waals surface area contributed by atoms with Crippen molar-refractivity contribution < 1.29 is 0 Å². The van der Waals surface area contributed by atoms with Crippen LogP contribution in [-0.2, 0) is 6.54 Å². The summed E-state index contributed by atoms with van der Waals surface area (Å²) in [4.78, 5) is 7.81. The lowest BCUT2D eigenvalue weighted by molar-refractivity contribution is 1.07. The van der Waals surface area contributed by atoms with Gasteiger partial charge in [-0.3, -0.25) is 0 Å². The maximum absolute atomic E-state index is 5.66. The van der Waals surface area contributed by atoms with Crippen molar-refractivity contribution in [1.82, 2.24) is 9.97 Å². The number of rotatable bonds is 3. The Balaban J connectivity index is 1.97. The molecule has 0 spiro atoms. The Morgan fingerprint density at radius 2 is 2.17 bits per heavy atom. The van der Waals surface area contributed by atoms with E-state index in [1.54, 1.807) is 11.3 Å². The first-order valence-electron chi connectivity index (χ1n) is 5.75. The van der Waals surface area contributed by atoms with Crippen molar-refractivity contribution in [3.05, 3.63) is 53.5 Å². The fourth-order valence-corrected chi connectivity index (χ4v) is 2.67. The molecular weight excluding hydrogens is 242 g/mol. The number of benzene rings is 1. The Hall–Kier alpha value is -1.91. The van der Waals surface area contributed by atoms with Crippen LogP contribution in [0.25, 0.3) is 22.0 Å². The van der Waals surface area contributed by atoms with E-state index in [0.29, 0.717) is 6.54 Å². The molecule has 0 atom stereocenters. The first-order chi connectivity index (χ1) is 8.86. The molecule has 0 fully saturated rings. The van der Waals surface area contributed by atoms with Crippen molar-refractivity contribution in [3.63, 3.8) is 0 Å². The highest BCUT2D eigenvalue weighted by Gasteiger charge is 2.07. The Labute approximate surface area is 109 Å². The number of aromatic amines is 1. The van der Waals surface area contributed by atoms with Crippen molar-refractivity contribution in [2.45, 2.75) is 6.54 Å². The normalized spacial score (nSPS) is 10.7. The van der Waals surface area contributed by atoms with E-state index in [1.807, 2.05) is 30.5 Å². The van der Waals surface area contributed by atoms with Gasteiger partial charge in [-0.2, -0.15) is 0 Å². The maximum atomic E-state index is 5.66. The monoisotopic (exact) mass is 255 g/mol. The van der Waals surface area contributed by atoms with Crippen LogP contribution < -0.4 is 5.73 Å². The second-order valence-corrected chi connectivity index (χ2v) is 4.88. The molecular formula is C14H13N3S. The fourth-order valence-electron chi connectivity index (χ4n) is 1.85. The topological polar surface area (TPSA) is 54.7 Å². The number of nitrogens with zero attached hydrogens (tertiary/aromatic N) is 1. The molecule has 0 saturated heterocycles. The minimum atomic E-state index is 0.558. The minimum Gasteiger partial charge on any atom is -0.360 e. The highest BCUT2D eigenvalue weighted by atomic mass is 32.1. The third-order valence-corrected chi connectivity index (χ3v) is 3.68. The van der Waals surface area contributed by atoms with E-state index in [1.165, 1.54) is 0 Å². The molecule has 0 saturated carbocycles. The molecule has 3 rings (SSSR count). The summed E-state index contributed by atoms with van der Waals surface area (Å²) >= 11 is 1.65. The molecule has 2 aromatic heterocycles. The first-order valence-corrected chi connectivity index (χ1v) is 6.63. The summed E-state index contributed by atoms with van der Waals surface area (Å²) in [6, 6.07) is 12.2. The largest absolute Gasteiger partial charge is 0.360 e. The van der Waals surface area contributed by atoms with Crippen LogP contribution >= 0.6 is 11.3 Å². The molecule has 3 nitrogen and oxygen atoms in total. The van der Waals surface area contributed by atoms with Crippen molar-refractivity contribution in [1.29, 1.82) is 0 Å². The average molecular weight is 255 g/mol. The van der Waals surface area contributed by atoms with E-state index in [2.05, 4.69) is 27.5 Å². The summed E-state index contributed by atoms with van der Waals surface area (Å²) < 4.78 is 0. The maximum Gasteiger partial charge on any atom is 0.124 e. The van der Waals surface area contributed by atoms with Crippen LogP contribution in [0.5, 0.6) is 0 Å². The Bertz CT molecular complexity index is 641. The SMILES string of the molecule is NCc1cccc(-c2nc(-c3ccc[nH]3)cs2)c1. The Kier molecular flexibility index (Phi) is 2.96. The van der Waals surface area contributed by atoms with E-state index in [4.69, 9.17) is 5.73 Å². The van der Waals surface area contributed by atoms with Gasteiger partial charge in [-0.25, -0.2) is 4.98 Å². The smallest absolute Gasteiger partial charge is 0.124 e. The predicted molar refractivity (Wildman–Crippen MR) is 75.2 cm³/mol. The zero-order chi connectivity index (χ0) is 12.4.